The highest BCUT2D eigenvalue weighted by Crippen LogP contribution is 2.37. The first-order chi connectivity index (χ1) is 17.7. The molecule has 3 rings (SSSR count). The van der Waals surface area contributed by atoms with E-state index in [-0.39, 0.29) is 16.5 Å². The summed E-state index contributed by atoms with van der Waals surface area (Å²) in [5, 5.41) is 26.2. The van der Waals surface area contributed by atoms with Crippen LogP contribution in [0.1, 0.15) is 29.3 Å². The summed E-state index contributed by atoms with van der Waals surface area (Å²) in [5.41, 5.74) is 2.18. The van der Waals surface area contributed by atoms with Gasteiger partial charge in [0, 0.05) is 11.6 Å². The minimum absolute atomic E-state index is 0.0808. The fourth-order valence-electron chi connectivity index (χ4n) is 3.02. The molecule has 0 bridgehead atoms. The Morgan fingerprint density at radius 2 is 1.73 bits per heavy atom. The van der Waals surface area contributed by atoms with Gasteiger partial charge in [0.1, 0.15) is 5.75 Å². The van der Waals surface area contributed by atoms with Crippen molar-refractivity contribution in [3.63, 3.8) is 0 Å². The van der Waals surface area contributed by atoms with Gasteiger partial charge in [-0.3, -0.25) is 25.0 Å². The maximum atomic E-state index is 12.4. The number of nitrogens with zero attached hydrogens (tertiary/aromatic N) is 3. The van der Waals surface area contributed by atoms with Crippen LogP contribution in [0.2, 0.25) is 5.02 Å². The molecule has 192 valence electrons. The number of hydrazone groups is 1. The van der Waals surface area contributed by atoms with E-state index in [0.29, 0.717) is 29.2 Å². The van der Waals surface area contributed by atoms with E-state index in [9.17, 15) is 25.0 Å². The predicted molar refractivity (Wildman–Crippen MR) is 135 cm³/mol. The molecule has 1 N–H and O–H groups in total. The fraction of sp³-hybridized carbons (Fsp3) is 0.167. The summed E-state index contributed by atoms with van der Waals surface area (Å²) in [7, 11) is 1.48. The lowest BCUT2D eigenvalue weighted by Gasteiger charge is -2.11. The lowest BCUT2D eigenvalue weighted by Crippen LogP contribution is -2.17. The number of nitro benzene ring substituents is 2. The molecule has 3 aromatic rings. The first-order valence-corrected chi connectivity index (χ1v) is 11.2. The van der Waals surface area contributed by atoms with E-state index in [0.717, 1.165) is 24.6 Å². The number of non-ortho nitro benzene ring substituents is 1. The van der Waals surface area contributed by atoms with Crippen molar-refractivity contribution in [2.45, 2.75) is 13.3 Å². The molecule has 12 nitrogen and oxygen atoms in total. The van der Waals surface area contributed by atoms with E-state index in [1.54, 1.807) is 18.2 Å². The number of carbonyl (C=O) groups is 1. The molecule has 0 saturated carbocycles. The Hall–Kier alpha value is -4.71. The van der Waals surface area contributed by atoms with Crippen molar-refractivity contribution in [2.75, 3.05) is 13.7 Å². The zero-order valence-corrected chi connectivity index (χ0v) is 20.4. The van der Waals surface area contributed by atoms with Crippen LogP contribution >= 0.6 is 11.6 Å². The second-order valence-electron chi connectivity index (χ2n) is 7.37. The van der Waals surface area contributed by atoms with E-state index in [1.807, 2.05) is 6.92 Å². The summed E-state index contributed by atoms with van der Waals surface area (Å²) in [6.45, 7) is 2.49. The Kier molecular flexibility index (Phi) is 8.95. The van der Waals surface area contributed by atoms with Gasteiger partial charge in [-0.2, -0.15) is 5.10 Å². The molecule has 0 saturated heterocycles. The van der Waals surface area contributed by atoms with Gasteiger partial charge in [-0.1, -0.05) is 18.5 Å². The van der Waals surface area contributed by atoms with Crippen LogP contribution in [0, 0.1) is 20.2 Å². The molecule has 13 heteroatoms. The maximum absolute atomic E-state index is 12.4. The Morgan fingerprint density at radius 1 is 1.00 bits per heavy atom. The van der Waals surface area contributed by atoms with Crippen molar-refractivity contribution in [2.24, 2.45) is 5.10 Å². The topological polar surface area (TPSA) is 155 Å². The number of methoxy groups -OCH3 is 1. The minimum Gasteiger partial charge on any atom is -0.493 e. The van der Waals surface area contributed by atoms with E-state index in [2.05, 4.69) is 10.5 Å². The van der Waals surface area contributed by atoms with E-state index in [1.165, 1.54) is 31.5 Å². The van der Waals surface area contributed by atoms with E-state index in [4.69, 9.17) is 25.8 Å². The molecule has 0 heterocycles. The van der Waals surface area contributed by atoms with Gasteiger partial charge in [-0.15, -0.1) is 0 Å². The molecule has 0 atom stereocenters. The summed E-state index contributed by atoms with van der Waals surface area (Å²) < 4.78 is 16.4. The summed E-state index contributed by atoms with van der Waals surface area (Å²) >= 11 is 6.24. The highest BCUT2D eigenvalue weighted by molar-refractivity contribution is 6.32. The summed E-state index contributed by atoms with van der Waals surface area (Å²) in [4.78, 5) is 33.1. The highest BCUT2D eigenvalue weighted by atomic mass is 35.5. The average molecular weight is 529 g/mol. The van der Waals surface area contributed by atoms with Gasteiger partial charge < -0.3 is 14.2 Å². The van der Waals surface area contributed by atoms with Gasteiger partial charge in [-0.05, 0) is 54.4 Å². The third-order valence-corrected chi connectivity index (χ3v) is 5.09. The van der Waals surface area contributed by atoms with Crippen LogP contribution in [-0.2, 0) is 0 Å². The number of nitrogens with one attached hydrogen (secondary N) is 1. The highest BCUT2D eigenvalue weighted by Gasteiger charge is 2.22. The standard InChI is InChI=1S/C24H21ClN4O8/c1-3-10-36-22-8-5-16(12-23(22)35-2)24(30)27-26-14-15-4-7-20(18(25)11-15)37-21-9-6-17(28(31)32)13-19(21)29(33)34/h4-9,11-14H,3,10H2,1-2H3,(H,27,30)/b26-14+. The number of hydrogen-bond acceptors (Lipinski definition) is 9. The van der Waals surface area contributed by atoms with Crippen molar-refractivity contribution in [3.8, 4) is 23.0 Å². The van der Waals surface area contributed by atoms with Gasteiger partial charge in [0.2, 0.25) is 5.75 Å². The number of benzene rings is 3. The average Bonchev–Trinajstić information content (AvgIpc) is 2.88. The third kappa shape index (κ3) is 6.92. The number of halogens is 1. The van der Waals surface area contributed by atoms with Gasteiger partial charge in [0.15, 0.2) is 11.5 Å². The normalized spacial score (nSPS) is 10.7. The Balaban J connectivity index is 1.69. The molecular formula is C24H21ClN4O8. The van der Waals surface area contributed by atoms with Gasteiger partial charge in [0.25, 0.3) is 11.6 Å². The molecule has 0 aliphatic heterocycles. The molecule has 0 aromatic heterocycles. The number of carbonyl (C=O) groups excluding carboxylic acids is 1. The first-order valence-electron chi connectivity index (χ1n) is 10.8. The smallest absolute Gasteiger partial charge is 0.318 e. The largest absolute Gasteiger partial charge is 0.493 e. The number of ether oxygens (including phenoxy) is 3. The monoisotopic (exact) mass is 528 g/mol. The molecule has 3 aromatic carbocycles. The number of hydrogen-bond donors (Lipinski definition) is 1. The van der Waals surface area contributed by atoms with Crippen LogP contribution in [0.5, 0.6) is 23.0 Å². The molecule has 0 aliphatic rings. The Labute approximate surface area is 215 Å². The maximum Gasteiger partial charge on any atom is 0.318 e. The van der Waals surface area contributed by atoms with Crippen molar-refractivity contribution >= 4 is 35.1 Å². The molecule has 0 aliphatic carbocycles. The van der Waals surface area contributed by atoms with Crippen molar-refractivity contribution < 1.29 is 28.9 Å². The lowest BCUT2D eigenvalue weighted by molar-refractivity contribution is -0.394. The summed E-state index contributed by atoms with van der Waals surface area (Å²) in [6, 6.07) is 12.2. The second kappa shape index (κ2) is 12.3. The zero-order valence-electron chi connectivity index (χ0n) is 19.7. The number of rotatable bonds is 11. The molecule has 0 radical (unpaired) electrons. The summed E-state index contributed by atoms with van der Waals surface area (Å²) in [6.07, 6.45) is 2.17. The Bertz CT molecular complexity index is 1360. The molecule has 37 heavy (non-hydrogen) atoms. The van der Waals surface area contributed by atoms with Gasteiger partial charge in [0.05, 0.1) is 40.9 Å². The first kappa shape index (κ1) is 26.9. The van der Waals surface area contributed by atoms with E-state index >= 15 is 0 Å². The summed E-state index contributed by atoms with van der Waals surface area (Å²) in [5.74, 6) is 0.333. The van der Waals surface area contributed by atoms with Crippen LogP contribution in [-0.4, -0.2) is 35.7 Å². The van der Waals surface area contributed by atoms with Crippen molar-refractivity contribution in [1.82, 2.24) is 5.43 Å². The van der Waals surface area contributed by atoms with Crippen LogP contribution in [0.15, 0.2) is 59.7 Å². The van der Waals surface area contributed by atoms with Crippen LogP contribution in [0.3, 0.4) is 0 Å². The van der Waals surface area contributed by atoms with Gasteiger partial charge in [-0.25, -0.2) is 5.43 Å². The van der Waals surface area contributed by atoms with E-state index < -0.39 is 27.1 Å². The van der Waals surface area contributed by atoms with Crippen LogP contribution in [0.25, 0.3) is 0 Å². The lowest BCUT2D eigenvalue weighted by atomic mass is 10.2. The number of nitro groups is 2. The van der Waals surface area contributed by atoms with Gasteiger partial charge >= 0.3 is 5.69 Å². The van der Waals surface area contributed by atoms with Crippen molar-refractivity contribution in [3.05, 3.63) is 91.0 Å². The zero-order chi connectivity index (χ0) is 26.9. The fourth-order valence-corrected chi connectivity index (χ4v) is 3.24. The SMILES string of the molecule is CCCOc1ccc(C(=O)N/N=C/c2ccc(Oc3ccc([N+](=O)[O-])cc3[N+](=O)[O-])c(Cl)c2)cc1OC. The molecule has 1 amide bonds. The third-order valence-electron chi connectivity index (χ3n) is 4.79. The molecule has 0 unspecified atom stereocenters. The molecule has 0 spiro atoms. The number of amides is 1. The Morgan fingerprint density at radius 3 is 2.38 bits per heavy atom. The molecule has 0 fully saturated rings. The quantitative estimate of drug-likeness (QED) is 0.194. The van der Waals surface area contributed by atoms with Crippen LogP contribution in [0.4, 0.5) is 11.4 Å². The predicted octanol–water partition coefficient (Wildman–Crippen LogP) is 5.51. The van der Waals surface area contributed by atoms with Crippen molar-refractivity contribution in [1.29, 1.82) is 0 Å². The molecular weight excluding hydrogens is 508 g/mol. The minimum atomic E-state index is -0.790. The second-order valence-corrected chi connectivity index (χ2v) is 7.78. The van der Waals surface area contributed by atoms with Crippen LogP contribution < -0.4 is 19.6 Å².